The maximum absolute atomic E-state index is 13.1. The minimum absolute atomic E-state index is 0.157. The predicted octanol–water partition coefficient (Wildman–Crippen LogP) is 2.57. The molecule has 0 atom stereocenters. The number of halogens is 1. The number of primary amides is 1. The zero-order chi connectivity index (χ0) is 18.7. The molecule has 3 amide bonds. The van der Waals surface area contributed by atoms with Gasteiger partial charge in [0.1, 0.15) is 5.82 Å². The summed E-state index contributed by atoms with van der Waals surface area (Å²) < 4.78 is 13.1. The molecule has 0 spiro atoms. The lowest BCUT2D eigenvalue weighted by molar-refractivity contribution is -0.120. The van der Waals surface area contributed by atoms with Gasteiger partial charge in [0.05, 0.1) is 6.54 Å². The van der Waals surface area contributed by atoms with Gasteiger partial charge >= 0.3 is 6.03 Å². The summed E-state index contributed by atoms with van der Waals surface area (Å²) in [4.78, 5) is 25.6. The Balaban J connectivity index is 1.78. The number of nitrogens with one attached hydrogen (secondary N) is 3. The monoisotopic (exact) mass is 354 g/mol. The van der Waals surface area contributed by atoms with Crippen LogP contribution in [0, 0.1) is 12.7 Å². The van der Waals surface area contributed by atoms with E-state index in [-0.39, 0.29) is 18.3 Å². The van der Waals surface area contributed by atoms with Crippen LogP contribution in [0.3, 0.4) is 0 Å². The zero-order valence-corrected chi connectivity index (χ0v) is 14.2. The Morgan fingerprint density at radius 3 is 2.54 bits per heavy atom. The molecule has 134 valence electrons. The molecule has 0 aliphatic carbocycles. The molecule has 0 saturated heterocycles. The summed E-state index contributed by atoms with van der Waals surface area (Å²) in [6.45, 7) is 2.18. The molecule has 0 aliphatic rings. The molecule has 0 fully saturated rings. The minimum atomic E-state index is -0.738. The van der Waals surface area contributed by atoms with E-state index < -0.39 is 6.03 Å². The standard InChI is InChI=1S/C19H19FN4O2/c1-11-15-8-12(9-22-17(25)10-23-19(21)26)2-7-16(15)24-18(11)13-3-5-14(20)6-4-13/h2-8,24H,9-10H2,1H3,(H,22,25)(H3,21,23,26). The highest BCUT2D eigenvalue weighted by atomic mass is 19.1. The van der Waals surface area contributed by atoms with Crippen molar-refractivity contribution in [3.8, 4) is 11.3 Å². The normalized spacial score (nSPS) is 10.7. The third-order valence-electron chi connectivity index (χ3n) is 4.17. The Morgan fingerprint density at radius 2 is 1.85 bits per heavy atom. The molecule has 1 heterocycles. The third kappa shape index (κ3) is 3.83. The van der Waals surface area contributed by atoms with E-state index >= 15 is 0 Å². The fourth-order valence-corrected chi connectivity index (χ4v) is 2.82. The number of amides is 3. The number of aryl methyl sites for hydroxylation is 1. The van der Waals surface area contributed by atoms with Gasteiger partial charge in [0, 0.05) is 23.1 Å². The van der Waals surface area contributed by atoms with E-state index in [0.717, 1.165) is 33.3 Å². The molecule has 2 aromatic carbocycles. The van der Waals surface area contributed by atoms with Crippen molar-refractivity contribution < 1.29 is 14.0 Å². The Labute approximate surface area is 149 Å². The molecule has 7 heteroatoms. The van der Waals surface area contributed by atoms with Gasteiger partial charge in [-0.15, -0.1) is 0 Å². The number of nitrogens with two attached hydrogens (primary N) is 1. The fourth-order valence-electron chi connectivity index (χ4n) is 2.82. The van der Waals surface area contributed by atoms with Gasteiger partial charge in [-0.3, -0.25) is 4.79 Å². The van der Waals surface area contributed by atoms with Gasteiger partial charge < -0.3 is 21.4 Å². The predicted molar refractivity (Wildman–Crippen MR) is 97.9 cm³/mol. The SMILES string of the molecule is Cc1c(-c2ccc(F)cc2)[nH]c2ccc(CNC(=O)CNC(N)=O)cc12. The second-order valence-corrected chi connectivity index (χ2v) is 6.01. The topological polar surface area (TPSA) is 100 Å². The minimum Gasteiger partial charge on any atom is -0.354 e. The van der Waals surface area contributed by atoms with Crippen LogP contribution in [0.2, 0.25) is 0 Å². The van der Waals surface area contributed by atoms with Crippen molar-refractivity contribution in [3.63, 3.8) is 0 Å². The lowest BCUT2D eigenvalue weighted by atomic mass is 10.1. The summed E-state index contributed by atoms with van der Waals surface area (Å²) in [5.41, 5.74) is 9.72. The molecular formula is C19H19FN4O2. The Kier molecular flexibility index (Phi) is 4.88. The summed E-state index contributed by atoms with van der Waals surface area (Å²) in [6.07, 6.45) is 0. The molecule has 0 aliphatic heterocycles. The molecule has 0 radical (unpaired) electrons. The first-order valence-electron chi connectivity index (χ1n) is 8.11. The second kappa shape index (κ2) is 7.26. The maximum Gasteiger partial charge on any atom is 0.312 e. The van der Waals surface area contributed by atoms with Crippen molar-refractivity contribution in [2.24, 2.45) is 5.73 Å². The molecule has 6 nitrogen and oxygen atoms in total. The van der Waals surface area contributed by atoms with Crippen LogP contribution in [0.5, 0.6) is 0 Å². The highest BCUT2D eigenvalue weighted by molar-refractivity contribution is 5.91. The lowest BCUT2D eigenvalue weighted by Gasteiger charge is -2.06. The fraction of sp³-hybridized carbons (Fsp3) is 0.158. The molecule has 1 aromatic heterocycles. The first-order valence-corrected chi connectivity index (χ1v) is 8.11. The van der Waals surface area contributed by atoms with Gasteiger partial charge in [-0.25, -0.2) is 9.18 Å². The second-order valence-electron chi connectivity index (χ2n) is 6.01. The third-order valence-corrected chi connectivity index (χ3v) is 4.17. The molecule has 3 rings (SSSR count). The highest BCUT2D eigenvalue weighted by Gasteiger charge is 2.11. The maximum atomic E-state index is 13.1. The van der Waals surface area contributed by atoms with Gasteiger partial charge in [0.2, 0.25) is 5.91 Å². The van der Waals surface area contributed by atoms with Gasteiger partial charge in [0.25, 0.3) is 0 Å². The number of benzene rings is 2. The number of H-pyrrole nitrogens is 1. The van der Waals surface area contributed by atoms with Gasteiger partial charge in [0.15, 0.2) is 0 Å². The van der Waals surface area contributed by atoms with Crippen molar-refractivity contribution >= 4 is 22.8 Å². The number of aromatic nitrogens is 1. The van der Waals surface area contributed by atoms with E-state index in [2.05, 4.69) is 15.6 Å². The average molecular weight is 354 g/mol. The average Bonchev–Trinajstić information content (AvgIpc) is 2.95. The van der Waals surface area contributed by atoms with E-state index in [1.54, 1.807) is 12.1 Å². The smallest absolute Gasteiger partial charge is 0.312 e. The number of aromatic amines is 1. The lowest BCUT2D eigenvalue weighted by Crippen LogP contribution is -2.39. The van der Waals surface area contributed by atoms with Crippen LogP contribution >= 0.6 is 0 Å². The van der Waals surface area contributed by atoms with Crippen LogP contribution in [-0.2, 0) is 11.3 Å². The van der Waals surface area contributed by atoms with Crippen LogP contribution in [-0.4, -0.2) is 23.5 Å². The van der Waals surface area contributed by atoms with E-state index in [4.69, 9.17) is 5.73 Å². The summed E-state index contributed by atoms with van der Waals surface area (Å²) in [5.74, 6) is -0.590. The zero-order valence-electron chi connectivity index (χ0n) is 14.2. The van der Waals surface area contributed by atoms with Crippen LogP contribution < -0.4 is 16.4 Å². The molecule has 0 unspecified atom stereocenters. The molecule has 5 N–H and O–H groups in total. The van der Waals surface area contributed by atoms with Gasteiger partial charge in [-0.05, 0) is 60.0 Å². The Morgan fingerprint density at radius 1 is 1.12 bits per heavy atom. The van der Waals surface area contributed by atoms with Gasteiger partial charge in [-0.2, -0.15) is 0 Å². The summed E-state index contributed by atoms with van der Waals surface area (Å²) in [5, 5.41) is 6.00. The van der Waals surface area contributed by atoms with Crippen molar-refractivity contribution in [1.29, 1.82) is 0 Å². The number of rotatable bonds is 5. The van der Waals surface area contributed by atoms with Crippen molar-refractivity contribution in [2.45, 2.75) is 13.5 Å². The van der Waals surface area contributed by atoms with Crippen molar-refractivity contribution in [2.75, 3.05) is 6.54 Å². The Hall–Kier alpha value is -3.35. The molecule has 0 saturated carbocycles. The number of urea groups is 1. The number of carbonyl (C=O) groups excluding carboxylic acids is 2. The van der Waals surface area contributed by atoms with Crippen LogP contribution in [0.15, 0.2) is 42.5 Å². The van der Waals surface area contributed by atoms with Crippen molar-refractivity contribution in [1.82, 2.24) is 15.6 Å². The van der Waals surface area contributed by atoms with Gasteiger partial charge in [-0.1, -0.05) is 6.07 Å². The summed E-state index contributed by atoms with van der Waals surface area (Å²) >= 11 is 0. The van der Waals surface area contributed by atoms with Crippen LogP contribution in [0.1, 0.15) is 11.1 Å². The van der Waals surface area contributed by atoms with E-state index in [1.165, 1.54) is 12.1 Å². The number of fused-ring (bicyclic) bond motifs is 1. The number of hydrogen-bond acceptors (Lipinski definition) is 2. The quantitative estimate of drug-likeness (QED) is 0.566. The number of hydrogen-bond donors (Lipinski definition) is 4. The highest BCUT2D eigenvalue weighted by Crippen LogP contribution is 2.30. The Bertz CT molecular complexity index is 964. The first-order chi connectivity index (χ1) is 12.4. The van der Waals surface area contributed by atoms with Crippen LogP contribution in [0.4, 0.5) is 9.18 Å². The summed E-state index contributed by atoms with van der Waals surface area (Å²) in [6, 6.07) is 11.4. The van der Waals surface area contributed by atoms with Crippen molar-refractivity contribution in [3.05, 3.63) is 59.4 Å². The molecule has 0 bridgehead atoms. The van der Waals surface area contributed by atoms with Crippen LogP contribution in [0.25, 0.3) is 22.2 Å². The first kappa shape index (κ1) is 17.5. The largest absolute Gasteiger partial charge is 0.354 e. The van der Waals surface area contributed by atoms with E-state index in [9.17, 15) is 14.0 Å². The molecular weight excluding hydrogens is 335 g/mol. The molecule has 26 heavy (non-hydrogen) atoms. The van der Waals surface area contributed by atoms with E-state index in [1.807, 2.05) is 25.1 Å². The molecule has 3 aromatic rings. The van der Waals surface area contributed by atoms with E-state index in [0.29, 0.717) is 6.54 Å². The number of carbonyl (C=O) groups is 2. The summed E-state index contributed by atoms with van der Waals surface area (Å²) in [7, 11) is 0.